The van der Waals surface area contributed by atoms with Gasteiger partial charge in [0, 0.05) is 5.75 Å². The van der Waals surface area contributed by atoms with Crippen LogP contribution in [0.3, 0.4) is 0 Å². The molecule has 0 radical (unpaired) electrons. The van der Waals surface area contributed by atoms with Crippen molar-refractivity contribution in [2.24, 2.45) is 5.73 Å². The maximum absolute atomic E-state index is 10.6. The van der Waals surface area contributed by atoms with Gasteiger partial charge in [0.1, 0.15) is 6.04 Å². The molecule has 0 aromatic carbocycles. The van der Waals surface area contributed by atoms with Gasteiger partial charge in [0.15, 0.2) is 0 Å². The Morgan fingerprint density at radius 1 is 1.47 bits per heavy atom. The molecule has 0 aromatic rings. The van der Waals surface area contributed by atoms with Gasteiger partial charge in [-0.1, -0.05) is 33.0 Å². The van der Waals surface area contributed by atoms with Crippen molar-refractivity contribution in [2.75, 3.05) is 5.75 Å². The summed E-state index contributed by atoms with van der Waals surface area (Å²) in [5, 5.41) is 8.70. The molecule has 3 nitrogen and oxygen atoms in total. The van der Waals surface area contributed by atoms with Crippen LogP contribution in [0.25, 0.3) is 0 Å². The molecule has 0 amide bonds. The molecule has 2 unspecified atom stereocenters. The molecular weight excluding hydrogens is 226 g/mol. The highest BCUT2D eigenvalue weighted by Crippen LogP contribution is 2.26. The minimum atomic E-state index is -1.19. The van der Waals surface area contributed by atoms with Crippen LogP contribution in [0.15, 0.2) is 0 Å². The summed E-state index contributed by atoms with van der Waals surface area (Å²) < 4.78 is 0. The standard InChI is InChI=1S/C10H23NO2SSi/c1-5-6-9(15(2,3)4)14-7-8(11)10(12)13/h8-9H,5-7,11H2,1-4H3,(H,12,13). The Morgan fingerprint density at radius 3 is 2.33 bits per heavy atom. The average molecular weight is 249 g/mol. The van der Waals surface area contributed by atoms with Gasteiger partial charge in [-0.15, -0.1) is 0 Å². The molecule has 0 rings (SSSR count). The van der Waals surface area contributed by atoms with Crippen molar-refractivity contribution in [1.29, 1.82) is 0 Å². The van der Waals surface area contributed by atoms with Gasteiger partial charge in [0.25, 0.3) is 0 Å². The molecule has 3 N–H and O–H groups in total. The number of aliphatic carboxylic acids is 1. The van der Waals surface area contributed by atoms with Gasteiger partial charge >= 0.3 is 5.97 Å². The summed E-state index contributed by atoms with van der Waals surface area (Å²) in [7, 11) is -1.19. The molecule has 0 aliphatic rings. The van der Waals surface area contributed by atoms with Gasteiger partial charge < -0.3 is 10.8 Å². The van der Waals surface area contributed by atoms with E-state index in [1.807, 2.05) is 0 Å². The number of nitrogens with two attached hydrogens (primary N) is 1. The first-order chi connectivity index (χ1) is 6.79. The summed E-state index contributed by atoms with van der Waals surface area (Å²) in [6.45, 7) is 9.15. The fraction of sp³-hybridized carbons (Fsp3) is 0.900. The van der Waals surface area contributed by atoms with Gasteiger partial charge in [0.2, 0.25) is 0 Å². The van der Waals surface area contributed by atoms with E-state index in [0.29, 0.717) is 10.6 Å². The zero-order chi connectivity index (χ0) is 12.1. The molecule has 0 saturated heterocycles. The number of rotatable bonds is 7. The largest absolute Gasteiger partial charge is 0.480 e. The van der Waals surface area contributed by atoms with Crippen LogP contribution in [0.5, 0.6) is 0 Å². The van der Waals surface area contributed by atoms with E-state index in [2.05, 4.69) is 26.6 Å². The van der Waals surface area contributed by atoms with Crippen molar-refractivity contribution in [2.45, 2.75) is 50.3 Å². The summed E-state index contributed by atoms with van der Waals surface area (Å²) in [6, 6.07) is -0.717. The highest BCUT2D eigenvalue weighted by atomic mass is 32.2. The monoisotopic (exact) mass is 249 g/mol. The number of thioether (sulfide) groups is 1. The highest BCUT2D eigenvalue weighted by Gasteiger charge is 2.27. The average Bonchev–Trinajstić information content (AvgIpc) is 2.09. The summed E-state index contributed by atoms with van der Waals surface area (Å²) in [5.41, 5.74) is 5.50. The number of carbonyl (C=O) groups is 1. The van der Waals surface area contributed by atoms with Crippen LogP contribution < -0.4 is 5.73 Å². The molecule has 0 aliphatic carbocycles. The minimum absolute atomic E-state index is 0.532. The van der Waals surface area contributed by atoms with E-state index in [4.69, 9.17) is 10.8 Å². The second kappa shape index (κ2) is 6.55. The van der Waals surface area contributed by atoms with Crippen molar-refractivity contribution in [3.8, 4) is 0 Å². The Labute approximate surface area is 97.8 Å². The highest BCUT2D eigenvalue weighted by molar-refractivity contribution is 8.01. The second-order valence-corrected chi connectivity index (χ2v) is 12.0. The fourth-order valence-electron chi connectivity index (χ4n) is 1.32. The zero-order valence-electron chi connectivity index (χ0n) is 10.1. The molecule has 0 fully saturated rings. The van der Waals surface area contributed by atoms with Crippen LogP contribution in [-0.4, -0.2) is 35.8 Å². The van der Waals surface area contributed by atoms with Gasteiger partial charge in [-0.2, -0.15) is 11.8 Å². The molecule has 0 bridgehead atoms. The van der Waals surface area contributed by atoms with Crippen LogP contribution in [0.2, 0.25) is 19.6 Å². The smallest absolute Gasteiger partial charge is 0.321 e. The van der Waals surface area contributed by atoms with Crippen molar-refractivity contribution in [1.82, 2.24) is 0 Å². The first-order valence-corrected chi connectivity index (χ1v) is 10.0. The van der Waals surface area contributed by atoms with Crippen molar-refractivity contribution in [3.63, 3.8) is 0 Å². The molecular formula is C10H23NO2SSi. The Bertz CT molecular complexity index is 206. The lowest BCUT2D eigenvalue weighted by atomic mass is 10.4. The van der Waals surface area contributed by atoms with E-state index < -0.39 is 20.1 Å². The third kappa shape index (κ3) is 6.22. The summed E-state index contributed by atoms with van der Waals surface area (Å²) in [4.78, 5) is 11.2. The van der Waals surface area contributed by atoms with Gasteiger partial charge in [-0.25, -0.2) is 0 Å². The Balaban J connectivity index is 4.13. The predicted octanol–water partition coefficient (Wildman–Crippen LogP) is 2.18. The molecule has 0 aliphatic heterocycles. The van der Waals surface area contributed by atoms with E-state index >= 15 is 0 Å². The van der Waals surface area contributed by atoms with Crippen molar-refractivity contribution in [3.05, 3.63) is 0 Å². The molecule has 0 heterocycles. The van der Waals surface area contributed by atoms with Gasteiger partial charge in [0.05, 0.1) is 8.07 Å². The van der Waals surface area contributed by atoms with Crippen LogP contribution in [0.4, 0.5) is 0 Å². The lowest BCUT2D eigenvalue weighted by Gasteiger charge is -2.28. The normalized spacial score (nSPS) is 16.1. The lowest BCUT2D eigenvalue weighted by Crippen LogP contribution is -2.39. The number of carboxylic acids is 1. The van der Waals surface area contributed by atoms with E-state index in [1.165, 1.54) is 6.42 Å². The SMILES string of the molecule is CCCC(SCC(N)C(=O)O)[Si](C)(C)C. The van der Waals surface area contributed by atoms with Crippen LogP contribution in [0, 0.1) is 0 Å². The summed E-state index contributed by atoms with van der Waals surface area (Å²) >= 11 is 1.75. The van der Waals surface area contributed by atoms with Crippen LogP contribution >= 0.6 is 11.8 Å². The first kappa shape index (κ1) is 15.0. The number of hydrogen-bond acceptors (Lipinski definition) is 3. The van der Waals surface area contributed by atoms with Crippen molar-refractivity contribution >= 4 is 25.8 Å². The van der Waals surface area contributed by atoms with E-state index in [-0.39, 0.29) is 0 Å². The zero-order valence-corrected chi connectivity index (χ0v) is 11.9. The third-order valence-electron chi connectivity index (χ3n) is 2.31. The molecule has 0 spiro atoms. The van der Waals surface area contributed by atoms with E-state index in [9.17, 15) is 4.79 Å². The van der Waals surface area contributed by atoms with Crippen LogP contribution in [-0.2, 0) is 4.79 Å². The Hall–Kier alpha value is -0.00312. The maximum Gasteiger partial charge on any atom is 0.321 e. The predicted molar refractivity (Wildman–Crippen MR) is 70.1 cm³/mol. The maximum atomic E-state index is 10.6. The number of carboxylic acid groups (broad SMARTS) is 1. The Morgan fingerprint density at radius 2 is 2.00 bits per heavy atom. The van der Waals surface area contributed by atoms with Crippen LogP contribution in [0.1, 0.15) is 19.8 Å². The fourth-order valence-corrected chi connectivity index (χ4v) is 5.75. The quantitative estimate of drug-likeness (QED) is 0.679. The van der Waals surface area contributed by atoms with E-state index in [1.54, 1.807) is 11.8 Å². The summed E-state index contributed by atoms with van der Waals surface area (Å²) in [5.74, 6) is -0.363. The van der Waals surface area contributed by atoms with E-state index in [0.717, 1.165) is 6.42 Å². The summed E-state index contributed by atoms with van der Waals surface area (Å²) in [6.07, 6.45) is 2.33. The molecule has 0 saturated carbocycles. The van der Waals surface area contributed by atoms with Gasteiger partial charge in [-0.3, -0.25) is 4.79 Å². The first-order valence-electron chi connectivity index (χ1n) is 5.39. The number of hydrogen-bond donors (Lipinski definition) is 2. The molecule has 90 valence electrons. The van der Waals surface area contributed by atoms with Gasteiger partial charge in [-0.05, 0) is 11.3 Å². The lowest BCUT2D eigenvalue weighted by molar-refractivity contribution is -0.137. The molecule has 0 aromatic heterocycles. The minimum Gasteiger partial charge on any atom is -0.480 e. The molecule has 5 heteroatoms. The molecule has 2 atom stereocenters. The third-order valence-corrected chi connectivity index (χ3v) is 8.34. The topological polar surface area (TPSA) is 63.3 Å². The second-order valence-electron chi connectivity index (χ2n) is 4.92. The Kier molecular flexibility index (Phi) is 6.55. The molecule has 15 heavy (non-hydrogen) atoms. The van der Waals surface area contributed by atoms with Crippen molar-refractivity contribution < 1.29 is 9.90 Å².